The van der Waals surface area contributed by atoms with Gasteiger partial charge in [0.2, 0.25) is 5.91 Å². The van der Waals surface area contributed by atoms with Crippen LogP contribution in [0.3, 0.4) is 0 Å². The van der Waals surface area contributed by atoms with Gasteiger partial charge in [0, 0.05) is 59.4 Å². The van der Waals surface area contributed by atoms with Crippen molar-refractivity contribution in [3.8, 4) is 0 Å². The lowest BCUT2D eigenvalue weighted by atomic mass is 10.1. The highest BCUT2D eigenvalue weighted by Crippen LogP contribution is 2.10. The topological polar surface area (TPSA) is 81.2 Å². The van der Waals surface area contributed by atoms with E-state index < -0.39 is 0 Å². The second-order valence-corrected chi connectivity index (χ2v) is 7.34. The third-order valence-corrected chi connectivity index (χ3v) is 5.09. The molecule has 0 aromatic carbocycles. The van der Waals surface area contributed by atoms with Crippen LogP contribution in [0.15, 0.2) is 4.99 Å². The zero-order chi connectivity index (χ0) is 18.8. The maximum Gasteiger partial charge on any atom is 0.233 e. The Balaban J connectivity index is 1.64. The first kappa shape index (κ1) is 20.9. The number of morpholine rings is 1. The molecule has 0 spiro atoms. The molecule has 0 aliphatic carbocycles. The minimum atomic E-state index is 0.0862. The van der Waals surface area contributed by atoms with Crippen LogP contribution < -0.4 is 16.0 Å². The number of guanidine groups is 1. The first-order valence-corrected chi connectivity index (χ1v) is 9.81. The van der Waals surface area contributed by atoms with Gasteiger partial charge in [-0.2, -0.15) is 0 Å². The predicted molar refractivity (Wildman–Crippen MR) is 104 cm³/mol. The molecule has 1 atom stereocenters. The number of nitrogens with zero attached hydrogens (tertiary/aromatic N) is 3. The Hall–Kier alpha value is -1.38. The lowest BCUT2D eigenvalue weighted by Crippen LogP contribution is -2.51. The van der Waals surface area contributed by atoms with Gasteiger partial charge in [0.25, 0.3) is 0 Å². The van der Waals surface area contributed by atoms with Crippen molar-refractivity contribution < 1.29 is 9.53 Å². The summed E-state index contributed by atoms with van der Waals surface area (Å²) in [5.74, 6) is 1.52. The largest absolute Gasteiger partial charge is 0.379 e. The average Bonchev–Trinajstić information content (AvgIpc) is 2.67. The van der Waals surface area contributed by atoms with Gasteiger partial charge in [-0.25, -0.2) is 0 Å². The molecule has 2 rings (SSSR count). The number of hydrogen-bond donors (Lipinski definition) is 3. The van der Waals surface area contributed by atoms with Crippen LogP contribution in [0.1, 0.15) is 19.8 Å². The van der Waals surface area contributed by atoms with Gasteiger partial charge >= 0.3 is 0 Å². The fourth-order valence-corrected chi connectivity index (χ4v) is 3.47. The number of piperidine rings is 1. The van der Waals surface area contributed by atoms with Crippen molar-refractivity contribution in [3.05, 3.63) is 0 Å². The molecule has 2 aliphatic rings. The summed E-state index contributed by atoms with van der Waals surface area (Å²) in [5, 5.41) is 9.68. The van der Waals surface area contributed by atoms with E-state index >= 15 is 0 Å². The van der Waals surface area contributed by atoms with Crippen molar-refractivity contribution in [2.75, 3.05) is 73.1 Å². The van der Waals surface area contributed by atoms with Crippen molar-refractivity contribution in [3.63, 3.8) is 0 Å². The molecule has 8 nitrogen and oxygen atoms in total. The van der Waals surface area contributed by atoms with E-state index in [9.17, 15) is 4.79 Å². The Labute approximate surface area is 157 Å². The van der Waals surface area contributed by atoms with E-state index in [4.69, 9.17) is 4.74 Å². The summed E-state index contributed by atoms with van der Waals surface area (Å²) in [6, 6.07) is 0.414. The lowest BCUT2D eigenvalue weighted by Gasteiger charge is -2.33. The first-order chi connectivity index (χ1) is 12.6. The van der Waals surface area contributed by atoms with Gasteiger partial charge in [-0.3, -0.25) is 19.6 Å². The van der Waals surface area contributed by atoms with Gasteiger partial charge in [0.1, 0.15) is 0 Å². The smallest absolute Gasteiger partial charge is 0.233 e. The van der Waals surface area contributed by atoms with Crippen LogP contribution in [-0.2, 0) is 9.53 Å². The molecular formula is C18H36N6O2. The van der Waals surface area contributed by atoms with E-state index in [2.05, 4.69) is 37.7 Å². The van der Waals surface area contributed by atoms with Gasteiger partial charge in [0.15, 0.2) is 5.96 Å². The summed E-state index contributed by atoms with van der Waals surface area (Å²) in [7, 11) is 3.51. The van der Waals surface area contributed by atoms with E-state index in [1.165, 1.54) is 0 Å². The number of likely N-dealkylation sites (N-methyl/N-ethyl adjacent to an activating group) is 1. The molecule has 26 heavy (non-hydrogen) atoms. The quantitative estimate of drug-likeness (QED) is 0.409. The number of ether oxygens (including phenoxy) is 1. The van der Waals surface area contributed by atoms with E-state index in [0.29, 0.717) is 18.5 Å². The van der Waals surface area contributed by atoms with Gasteiger partial charge in [-0.15, -0.1) is 0 Å². The summed E-state index contributed by atoms with van der Waals surface area (Å²) < 4.78 is 5.40. The number of rotatable bonds is 7. The SMILES string of the molecule is CN=C(NCC(C)CN1CCOCC1)NC1CCN(CC(=O)NC)CC1. The molecule has 2 heterocycles. The van der Waals surface area contributed by atoms with Crippen molar-refractivity contribution in [2.24, 2.45) is 10.9 Å². The molecule has 1 amide bonds. The summed E-state index contributed by atoms with van der Waals surface area (Å²) >= 11 is 0. The second-order valence-electron chi connectivity index (χ2n) is 7.34. The number of aliphatic imine (C=N–C) groups is 1. The minimum Gasteiger partial charge on any atom is -0.379 e. The number of likely N-dealkylation sites (tertiary alicyclic amines) is 1. The Morgan fingerprint density at radius 1 is 1.19 bits per heavy atom. The zero-order valence-electron chi connectivity index (χ0n) is 16.6. The Morgan fingerprint density at radius 3 is 2.50 bits per heavy atom. The Morgan fingerprint density at radius 2 is 1.88 bits per heavy atom. The van der Waals surface area contributed by atoms with Gasteiger partial charge in [0.05, 0.1) is 19.8 Å². The summed E-state index contributed by atoms with van der Waals surface area (Å²) in [5.41, 5.74) is 0. The number of amides is 1. The van der Waals surface area contributed by atoms with Crippen LogP contribution >= 0.6 is 0 Å². The average molecular weight is 369 g/mol. The van der Waals surface area contributed by atoms with Crippen LogP contribution in [0.5, 0.6) is 0 Å². The van der Waals surface area contributed by atoms with E-state index in [-0.39, 0.29) is 5.91 Å². The molecule has 150 valence electrons. The molecule has 0 aromatic heterocycles. The molecule has 0 radical (unpaired) electrons. The molecule has 2 saturated heterocycles. The highest BCUT2D eigenvalue weighted by molar-refractivity contribution is 5.80. The van der Waals surface area contributed by atoms with Crippen molar-refractivity contribution >= 4 is 11.9 Å². The fraction of sp³-hybridized carbons (Fsp3) is 0.889. The molecular weight excluding hydrogens is 332 g/mol. The lowest BCUT2D eigenvalue weighted by molar-refractivity contribution is -0.122. The zero-order valence-corrected chi connectivity index (χ0v) is 16.6. The molecule has 0 aromatic rings. The summed E-state index contributed by atoms with van der Waals surface area (Å²) in [6.07, 6.45) is 2.06. The third kappa shape index (κ3) is 7.47. The molecule has 3 N–H and O–H groups in total. The van der Waals surface area contributed by atoms with Crippen molar-refractivity contribution in [1.29, 1.82) is 0 Å². The Kier molecular flexibility index (Phi) is 9.14. The maximum atomic E-state index is 11.5. The first-order valence-electron chi connectivity index (χ1n) is 9.81. The van der Waals surface area contributed by atoms with Crippen LogP contribution in [0, 0.1) is 5.92 Å². The van der Waals surface area contributed by atoms with Gasteiger partial charge in [-0.1, -0.05) is 6.92 Å². The molecule has 8 heteroatoms. The highest BCUT2D eigenvalue weighted by Gasteiger charge is 2.21. The summed E-state index contributed by atoms with van der Waals surface area (Å²) in [4.78, 5) is 20.5. The van der Waals surface area contributed by atoms with E-state index in [0.717, 1.165) is 71.3 Å². The second kappa shape index (κ2) is 11.4. The standard InChI is InChI=1S/C18H36N6O2/c1-15(13-24-8-10-26-11-9-24)12-21-18(20-3)22-16-4-6-23(7-5-16)14-17(25)19-2/h15-16H,4-14H2,1-3H3,(H,19,25)(H2,20,21,22). The monoisotopic (exact) mass is 368 g/mol. The number of hydrogen-bond acceptors (Lipinski definition) is 5. The Bertz CT molecular complexity index is 445. The highest BCUT2D eigenvalue weighted by atomic mass is 16.5. The molecule has 0 bridgehead atoms. The van der Waals surface area contributed by atoms with E-state index in [1.54, 1.807) is 7.05 Å². The number of nitrogens with one attached hydrogen (secondary N) is 3. The van der Waals surface area contributed by atoms with Crippen molar-refractivity contribution in [2.45, 2.75) is 25.8 Å². The maximum absolute atomic E-state index is 11.5. The van der Waals surface area contributed by atoms with Gasteiger partial charge < -0.3 is 20.7 Å². The molecule has 1 unspecified atom stereocenters. The normalized spacial score (nSPS) is 22.0. The predicted octanol–water partition coefficient (Wildman–Crippen LogP) is -0.670. The van der Waals surface area contributed by atoms with Crippen molar-refractivity contribution in [1.82, 2.24) is 25.8 Å². The molecule has 0 saturated carbocycles. The van der Waals surface area contributed by atoms with E-state index in [1.807, 2.05) is 7.05 Å². The number of carbonyl (C=O) groups excluding carboxylic acids is 1. The fourth-order valence-electron chi connectivity index (χ4n) is 3.47. The molecule has 2 aliphatic heterocycles. The van der Waals surface area contributed by atoms with Crippen LogP contribution in [0.4, 0.5) is 0 Å². The number of carbonyl (C=O) groups is 1. The van der Waals surface area contributed by atoms with Crippen LogP contribution in [-0.4, -0.2) is 101 Å². The third-order valence-electron chi connectivity index (χ3n) is 5.09. The van der Waals surface area contributed by atoms with Gasteiger partial charge in [-0.05, 0) is 18.8 Å². The summed E-state index contributed by atoms with van der Waals surface area (Å²) in [6.45, 7) is 10.4. The van der Waals surface area contributed by atoms with Crippen LogP contribution in [0.2, 0.25) is 0 Å². The van der Waals surface area contributed by atoms with Crippen LogP contribution in [0.25, 0.3) is 0 Å². The molecule has 2 fully saturated rings. The minimum absolute atomic E-state index is 0.0862.